The molecule has 0 aliphatic carbocycles. The molecule has 3 aromatic rings. The average Bonchev–Trinajstić information content (AvgIpc) is 2.69. The first-order chi connectivity index (χ1) is 12.3. The lowest BCUT2D eigenvalue weighted by Crippen LogP contribution is -2.03. The molecule has 0 heterocycles. The van der Waals surface area contributed by atoms with Crippen LogP contribution in [0.3, 0.4) is 0 Å². The number of rotatable bonds is 6. The summed E-state index contributed by atoms with van der Waals surface area (Å²) in [5.41, 5.74) is 7.96. The van der Waals surface area contributed by atoms with E-state index in [1.54, 1.807) is 6.07 Å². The Balaban J connectivity index is 1.60. The third-order valence-corrected chi connectivity index (χ3v) is 3.77. The van der Waals surface area contributed by atoms with Crippen LogP contribution >= 0.6 is 0 Å². The maximum atomic E-state index is 9.03. The molecule has 0 aromatic heterocycles. The van der Waals surface area contributed by atoms with Gasteiger partial charge in [-0.05, 0) is 40.5 Å². The SMILES string of the molecule is N#Cc1cccc(-c2cccc(CN=NNCc3ccccc3)c2)c1. The van der Waals surface area contributed by atoms with Crippen LogP contribution in [0.5, 0.6) is 0 Å². The van der Waals surface area contributed by atoms with Gasteiger partial charge in [0.25, 0.3) is 0 Å². The maximum absolute atomic E-state index is 9.03. The van der Waals surface area contributed by atoms with Crippen LogP contribution < -0.4 is 5.43 Å². The number of nitriles is 1. The summed E-state index contributed by atoms with van der Waals surface area (Å²) in [6.07, 6.45) is 0. The zero-order chi connectivity index (χ0) is 17.3. The molecule has 0 unspecified atom stereocenters. The zero-order valence-electron chi connectivity index (χ0n) is 13.8. The summed E-state index contributed by atoms with van der Waals surface area (Å²) < 4.78 is 0. The molecule has 4 nitrogen and oxygen atoms in total. The van der Waals surface area contributed by atoms with Crippen molar-refractivity contribution in [3.63, 3.8) is 0 Å². The lowest BCUT2D eigenvalue weighted by molar-refractivity contribution is 0.668. The number of hydrogen-bond acceptors (Lipinski definition) is 3. The minimum absolute atomic E-state index is 0.508. The molecule has 0 fully saturated rings. The van der Waals surface area contributed by atoms with Crippen LogP contribution in [0.2, 0.25) is 0 Å². The predicted octanol–water partition coefficient (Wildman–Crippen LogP) is 4.88. The Labute approximate surface area is 147 Å². The van der Waals surface area contributed by atoms with Crippen molar-refractivity contribution in [1.82, 2.24) is 5.43 Å². The molecular formula is C21H18N4. The summed E-state index contributed by atoms with van der Waals surface area (Å²) in [7, 11) is 0. The van der Waals surface area contributed by atoms with Gasteiger partial charge in [-0.3, -0.25) is 5.43 Å². The average molecular weight is 326 g/mol. The predicted molar refractivity (Wildman–Crippen MR) is 98.4 cm³/mol. The fraction of sp³-hybridized carbons (Fsp3) is 0.0952. The van der Waals surface area contributed by atoms with Crippen molar-refractivity contribution >= 4 is 0 Å². The van der Waals surface area contributed by atoms with Crippen molar-refractivity contribution in [2.45, 2.75) is 13.1 Å². The fourth-order valence-electron chi connectivity index (χ4n) is 2.51. The lowest BCUT2D eigenvalue weighted by Gasteiger charge is -2.04. The Bertz CT molecular complexity index is 895. The minimum atomic E-state index is 0.508. The van der Waals surface area contributed by atoms with E-state index in [0.717, 1.165) is 16.7 Å². The first kappa shape index (κ1) is 16.4. The Morgan fingerprint density at radius 3 is 2.32 bits per heavy atom. The van der Waals surface area contributed by atoms with Crippen LogP contribution in [0.1, 0.15) is 16.7 Å². The van der Waals surface area contributed by atoms with Gasteiger partial charge in [-0.1, -0.05) is 65.9 Å². The summed E-state index contributed by atoms with van der Waals surface area (Å²) in [6, 6.07) is 28.0. The molecule has 0 atom stereocenters. The van der Waals surface area contributed by atoms with Gasteiger partial charge in [-0.25, -0.2) is 0 Å². The molecule has 3 rings (SSSR count). The summed E-state index contributed by atoms with van der Waals surface area (Å²) >= 11 is 0. The Morgan fingerprint density at radius 1 is 0.800 bits per heavy atom. The van der Waals surface area contributed by atoms with Crippen molar-refractivity contribution in [2.24, 2.45) is 10.3 Å². The molecule has 0 spiro atoms. The molecule has 4 heteroatoms. The van der Waals surface area contributed by atoms with Gasteiger partial charge in [0, 0.05) is 0 Å². The van der Waals surface area contributed by atoms with Crippen LogP contribution in [0, 0.1) is 11.3 Å². The Kier molecular flexibility index (Phi) is 5.52. The topological polar surface area (TPSA) is 60.5 Å². The molecule has 0 radical (unpaired) electrons. The summed E-state index contributed by atoms with van der Waals surface area (Å²) in [6.45, 7) is 1.17. The molecule has 0 amide bonds. The third-order valence-electron chi connectivity index (χ3n) is 3.77. The van der Waals surface area contributed by atoms with Crippen molar-refractivity contribution in [3.05, 3.63) is 95.6 Å². The van der Waals surface area contributed by atoms with E-state index < -0.39 is 0 Å². The minimum Gasteiger partial charge on any atom is -0.287 e. The number of nitrogens with zero attached hydrogens (tertiary/aromatic N) is 3. The highest BCUT2D eigenvalue weighted by Crippen LogP contribution is 2.21. The van der Waals surface area contributed by atoms with Gasteiger partial charge in [0.1, 0.15) is 0 Å². The number of nitrogens with one attached hydrogen (secondary N) is 1. The first-order valence-electron chi connectivity index (χ1n) is 8.08. The highest BCUT2D eigenvalue weighted by atomic mass is 15.4. The Morgan fingerprint density at radius 2 is 1.52 bits per heavy atom. The van der Waals surface area contributed by atoms with E-state index >= 15 is 0 Å². The van der Waals surface area contributed by atoms with Gasteiger partial charge >= 0.3 is 0 Å². The van der Waals surface area contributed by atoms with E-state index in [0.29, 0.717) is 18.7 Å². The van der Waals surface area contributed by atoms with Gasteiger partial charge < -0.3 is 0 Å². The van der Waals surface area contributed by atoms with E-state index in [9.17, 15) is 0 Å². The smallest absolute Gasteiger partial charge is 0.0991 e. The van der Waals surface area contributed by atoms with E-state index in [1.807, 2.05) is 66.7 Å². The van der Waals surface area contributed by atoms with Gasteiger partial charge in [0.05, 0.1) is 24.7 Å². The summed E-state index contributed by atoms with van der Waals surface area (Å²) in [4.78, 5) is 0. The highest BCUT2D eigenvalue weighted by molar-refractivity contribution is 5.65. The Hall–Kier alpha value is -3.45. The quantitative estimate of drug-likeness (QED) is 0.518. The van der Waals surface area contributed by atoms with Crippen LogP contribution in [0.15, 0.2) is 89.2 Å². The molecule has 0 bridgehead atoms. The normalized spacial score (nSPS) is 10.5. The second-order valence-corrected chi connectivity index (χ2v) is 5.61. The van der Waals surface area contributed by atoms with Crippen molar-refractivity contribution in [3.8, 4) is 17.2 Å². The van der Waals surface area contributed by atoms with Crippen LogP contribution in [-0.4, -0.2) is 0 Å². The number of benzene rings is 3. The van der Waals surface area contributed by atoms with E-state index in [4.69, 9.17) is 5.26 Å². The van der Waals surface area contributed by atoms with E-state index in [1.165, 1.54) is 5.56 Å². The van der Waals surface area contributed by atoms with Crippen LogP contribution in [0.25, 0.3) is 11.1 Å². The van der Waals surface area contributed by atoms with E-state index in [-0.39, 0.29) is 0 Å². The second kappa shape index (κ2) is 8.42. The van der Waals surface area contributed by atoms with Gasteiger partial charge in [-0.15, -0.1) is 0 Å². The van der Waals surface area contributed by atoms with Crippen molar-refractivity contribution in [1.29, 1.82) is 5.26 Å². The van der Waals surface area contributed by atoms with Crippen molar-refractivity contribution in [2.75, 3.05) is 0 Å². The monoisotopic (exact) mass is 326 g/mol. The molecule has 0 aliphatic rings. The van der Waals surface area contributed by atoms with Gasteiger partial charge in [0.15, 0.2) is 0 Å². The fourth-order valence-corrected chi connectivity index (χ4v) is 2.51. The van der Waals surface area contributed by atoms with Crippen LogP contribution in [0.4, 0.5) is 0 Å². The second-order valence-electron chi connectivity index (χ2n) is 5.61. The lowest BCUT2D eigenvalue weighted by atomic mass is 10.0. The summed E-state index contributed by atoms with van der Waals surface area (Å²) in [5.74, 6) is 0. The molecule has 0 saturated heterocycles. The zero-order valence-corrected chi connectivity index (χ0v) is 13.8. The molecular weight excluding hydrogens is 308 g/mol. The molecule has 25 heavy (non-hydrogen) atoms. The van der Waals surface area contributed by atoms with Gasteiger partial charge in [0.2, 0.25) is 0 Å². The highest BCUT2D eigenvalue weighted by Gasteiger charge is 2.00. The molecule has 0 saturated carbocycles. The molecule has 122 valence electrons. The number of hydrogen-bond donors (Lipinski definition) is 1. The standard InChI is InChI=1S/C21H18N4/c22-14-18-8-4-10-20(12-18)21-11-5-9-19(13-21)16-24-25-23-15-17-6-2-1-3-7-17/h1-13H,15-16H2,(H,23,24). The molecule has 3 aromatic carbocycles. The summed E-state index contributed by atoms with van der Waals surface area (Å²) in [5, 5.41) is 17.2. The molecule has 1 N–H and O–H groups in total. The molecule has 0 aliphatic heterocycles. The largest absolute Gasteiger partial charge is 0.287 e. The first-order valence-corrected chi connectivity index (χ1v) is 8.08. The van der Waals surface area contributed by atoms with E-state index in [2.05, 4.69) is 27.9 Å². The van der Waals surface area contributed by atoms with Gasteiger partial charge in [-0.2, -0.15) is 10.4 Å². The maximum Gasteiger partial charge on any atom is 0.0991 e. The third kappa shape index (κ3) is 4.76. The van der Waals surface area contributed by atoms with Crippen molar-refractivity contribution < 1.29 is 0 Å². The van der Waals surface area contributed by atoms with Crippen LogP contribution in [-0.2, 0) is 13.1 Å².